The van der Waals surface area contributed by atoms with Crippen LogP contribution < -0.4 is 20.7 Å². The molecule has 0 N–H and O–H groups in total. The summed E-state index contributed by atoms with van der Waals surface area (Å²) in [4.78, 5) is 0. The minimum Gasteiger partial charge on any atom is -0.455 e. The number of para-hydroxylation sites is 2. The van der Waals surface area contributed by atoms with Crippen molar-refractivity contribution in [3.8, 4) is 66.8 Å². The van der Waals surface area contributed by atoms with E-state index in [2.05, 4.69) is 232 Å². The molecule has 13 aromatic rings. The summed E-state index contributed by atoms with van der Waals surface area (Å²) < 4.78 is 14.2. The number of fused-ring (bicyclic) bond motifs is 17. The minimum absolute atomic E-state index is 0.931. The lowest BCUT2D eigenvalue weighted by Gasteiger charge is -2.28. The Kier molecular flexibility index (Phi) is 8.14. The van der Waals surface area contributed by atoms with E-state index in [-0.39, 0.29) is 0 Å². The maximum absolute atomic E-state index is 7.11. The summed E-state index contributed by atoms with van der Waals surface area (Å²) in [6.45, 7) is 10.4. The maximum atomic E-state index is 7.11. The molecule has 0 unspecified atom stereocenters. The van der Waals surface area contributed by atoms with E-state index in [1.165, 1.54) is 109 Å². The Morgan fingerprint density at radius 2 is 0.643 bits per heavy atom. The summed E-state index contributed by atoms with van der Waals surface area (Å²) in [5.41, 5.74) is 19.0. The highest BCUT2D eigenvalue weighted by Crippen LogP contribution is 2.48. The zero-order valence-corrected chi connectivity index (χ0v) is 41.4. The van der Waals surface area contributed by atoms with Gasteiger partial charge in [-0.3, -0.25) is 0 Å². The fourth-order valence-corrected chi connectivity index (χ4v) is 21.4. The molecule has 0 aliphatic carbocycles. The Hall–Kier alpha value is -8.03. The number of hydrogen-bond acceptors (Lipinski definition) is 2. The molecule has 70 heavy (non-hydrogen) atoms. The Balaban J connectivity index is 0.918. The summed E-state index contributed by atoms with van der Waals surface area (Å²) in [5.74, 6) is 0. The van der Waals surface area contributed by atoms with E-state index in [1.807, 2.05) is 0 Å². The third kappa shape index (κ3) is 5.38. The van der Waals surface area contributed by atoms with Crippen LogP contribution in [-0.2, 0) is 0 Å². The van der Waals surface area contributed by atoms with E-state index < -0.39 is 16.1 Å². The van der Waals surface area contributed by atoms with Crippen molar-refractivity contribution in [3.05, 3.63) is 206 Å². The fraction of sp³-hybridized carbons (Fsp3) is 0.0606. The Labute approximate surface area is 408 Å². The zero-order valence-electron chi connectivity index (χ0n) is 39.4. The van der Waals surface area contributed by atoms with Crippen molar-refractivity contribution in [2.24, 2.45) is 0 Å². The predicted molar refractivity (Wildman–Crippen MR) is 302 cm³/mol. The lowest BCUT2D eigenvalue weighted by molar-refractivity contribution is 0.670. The number of furan rings is 2. The summed E-state index contributed by atoms with van der Waals surface area (Å²) in [6, 6.07) is 76.4. The molecule has 0 spiro atoms. The highest BCUT2D eigenvalue weighted by molar-refractivity contribution is 7.13. The SMILES string of the molecule is C[Si]1(C)c2cc(-c3ccc(-c4cccc5ccccc45)cc3)c3c(oc4ccccc43)c2-c2ccc3c(c21)[Si](C)(C)c1cc(-c2ccc(-c4cccc5ccccc45)cc2)c2c(oc4ccccc42)c1-3. The smallest absolute Gasteiger partial charge is 0.143 e. The van der Waals surface area contributed by atoms with Crippen molar-refractivity contribution in [3.63, 3.8) is 0 Å². The van der Waals surface area contributed by atoms with Gasteiger partial charge in [-0.25, -0.2) is 0 Å². The molecule has 0 saturated heterocycles. The van der Waals surface area contributed by atoms with Gasteiger partial charge in [0.2, 0.25) is 0 Å². The molecule has 0 amide bonds. The van der Waals surface area contributed by atoms with E-state index in [9.17, 15) is 0 Å². The van der Waals surface area contributed by atoms with Crippen molar-refractivity contribution < 1.29 is 8.83 Å². The van der Waals surface area contributed by atoms with Crippen LogP contribution in [0, 0.1) is 0 Å². The van der Waals surface area contributed by atoms with Crippen molar-refractivity contribution in [1.82, 2.24) is 0 Å². The molecule has 4 heteroatoms. The molecule has 2 aliphatic heterocycles. The van der Waals surface area contributed by atoms with Crippen LogP contribution in [0.1, 0.15) is 0 Å². The van der Waals surface area contributed by atoms with Crippen molar-refractivity contribution in [2.45, 2.75) is 26.2 Å². The van der Waals surface area contributed by atoms with Gasteiger partial charge in [0, 0.05) is 32.7 Å². The first-order valence-corrected chi connectivity index (χ1v) is 30.6. The van der Waals surface area contributed by atoms with E-state index in [1.54, 1.807) is 10.4 Å². The molecule has 2 aliphatic rings. The van der Waals surface area contributed by atoms with Crippen LogP contribution >= 0.6 is 0 Å². The minimum atomic E-state index is -2.38. The molecular formula is C66H46O2Si2. The molecule has 0 saturated carbocycles. The first-order chi connectivity index (χ1) is 34.2. The molecule has 15 rings (SSSR count). The lowest BCUT2D eigenvalue weighted by Crippen LogP contribution is -2.63. The molecule has 0 radical (unpaired) electrons. The van der Waals surface area contributed by atoms with Gasteiger partial charge in [-0.05, 0) is 110 Å². The predicted octanol–water partition coefficient (Wildman–Crippen LogP) is 16.1. The fourth-order valence-electron chi connectivity index (χ4n) is 13.0. The Morgan fingerprint density at radius 3 is 1.06 bits per heavy atom. The van der Waals surface area contributed by atoms with Gasteiger partial charge in [-0.2, -0.15) is 0 Å². The Bertz CT molecular complexity index is 4100. The van der Waals surface area contributed by atoms with Crippen LogP contribution in [0.15, 0.2) is 215 Å². The van der Waals surface area contributed by atoms with E-state index in [4.69, 9.17) is 8.83 Å². The van der Waals surface area contributed by atoms with Gasteiger partial charge in [0.1, 0.15) is 38.5 Å². The Morgan fingerprint density at radius 1 is 0.300 bits per heavy atom. The highest BCUT2D eigenvalue weighted by Gasteiger charge is 2.50. The van der Waals surface area contributed by atoms with Crippen molar-refractivity contribution in [2.75, 3.05) is 0 Å². The van der Waals surface area contributed by atoms with Crippen LogP contribution in [0.2, 0.25) is 26.2 Å². The molecule has 0 fully saturated rings. The standard InChI is InChI=1S/C66H46O2Si2/c1-69(2)57-37-53(43-31-27-41(28-32-43)47-23-13-17-39-15-5-7-19-45(39)47)59-49-21-9-11-25-55(49)67-63(59)61(57)51-35-36-52-62-58(70(3,4)66(52)65(51)69)38-54(60-50-22-10-12-26-56(50)68-64(60)62)44-33-29-42(30-34-44)48-24-14-18-40-16-6-8-20-46(40)48/h5-38H,1-4H3. The number of benzene rings is 11. The van der Waals surface area contributed by atoms with E-state index >= 15 is 0 Å². The van der Waals surface area contributed by atoms with Gasteiger partial charge in [0.25, 0.3) is 0 Å². The highest BCUT2D eigenvalue weighted by atomic mass is 28.3. The number of rotatable bonds is 4. The molecule has 2 aromatic heterocycles. The quantitative estimate of drug-likeness (QED) is 0.164. The van der Waals surface area contributed by atoms with Crippen LogP contribution in [0.25, 0.3) is 132 Å². The van der Waals surface area contributed by atoms with E-state index in [0.29, 0.717) is 0 Å². The molecule has 2 nitrogen and oxygen atoms in total. The lowest BCUT2D eigenvalue weighted by atomic mass is 9.91. The van der Waals surface area contributed by atoms with Gasteiger partial charge in [0.15, 0.2) is 0 Å². The summed E-state index contributed by atoms with van der Waals surface area (Å²) in [5, 5.41) is 15.8. The first kappa shape index (κ1) is 39.9. The molecule has 0 bridgehead atoms. The van der Waals surface area contributed by atoms with Crippen LogP contribution in [0.4, 0.5) is 0 Å². The van der Waals surface area contributed by atoms with Crippen LogP contribution in [0.3, 0.4) is 0 Å². The van der Waals surface area contributed by atoms with Gasteiger partial charge >= 0.3 is 0 Å². The second-order valence-electron chi connectivity index (χ2n) is 20.7. The van der Waals surface area contributed by atoms with Crippen molar-refractivity contribution in [1.29, 1.82) is 0 Å². The van der Waals surface area contributed by atoms with Crippen LogP contribution in [-0.4, -0.2) is 16.1 Å². The molecule has 4 heterocycles. The molecule has 330 valence electrons. The van der Waals surface area contributed by atoms with Crippen LogP contribution in [0.5, 0.6) is 0 Å². The molecule has 11 aromatic carbocycles. The van der Waals surface area contributed by atoms with Gasteiger partial charge in [-0.15, -0.1) is 0 Å². The third-order valence-electron chi connectivity index (χ3n) is 16.2. The monoisotopic (exact) mass is 926 g/mol. The van der Waals surface area contributed by atoms with Gasteiger partial charge < -0.3 is 8.83 Å². The average Bonchev–Trinajstić information content (AvgIpc) is 4.11. The van der Waals surface area contributed by atoms with Gasteiger partial charge in [-0.1, -0.05) is 220 Å². The second-order valence-corrected chi connectivity index (χ2v) is 29.2. The normalized spacial score (nSPS) is 14.2. The van der Waals surface area contributed by atoms with Gasteiger partial charge in [0.05, 0.1) is 0 Å². The summed E-state index contributed by atoms with van der Waals surface area (Å²) >= 11 is 0. The maximum Gasteiger partial charge on any atom is 0.143 e. The zero-order chi connectivity index (χ0) is 46.6. The molecular weight excluding hydrogens is 881 g/mol. The average molecular weight is 927 g/mol. The first-order valence-electron chi connectivity index (χ1n) is 24.6. The number of hydrogen-bond donors (Lipinski definition) is 0. The van der Waals surface area contributed by atoms with Crippen molar-refractivity contribution >= 4 is 102 Å². The second kappa shape index (κ2) is 14.3. The third-order valence-corrected chi connectivity index (χ3v) is 23.5. The largest absolute Gasteiger partial charge is 0.455 e. The van der Waals surface area contributed by atoms with E-state index in [0.717, 1.165) is 33.1 Å². The topological polar surface area (TPSA) is 26.3 Å². The molecule has 0 atom stereocenters. The summed E-state index contributed by atoms with van der Waals surface area (Å²) in [7, 11) is -4.76. The summed E-state index contributed by atoms with van der Waals surface area (Å²) in [6.07, 6.45) is 0.